The number of pyridine rings is 1. The SMILES string of the molecule is CCN1CCN(c2ccc(CNC(=O)/C=C/c3c(C)nn(-c4ccccc4)c3C)cn2)CC1. The van der Waals surface area contributed by atoms with Crippen molar-refractivity contribution in [2.75, 3.05) is 37.6 Å². The van der Waals surface area contributed by atoms with E-state index < -0.39 is 0 Å². The minimum absolute atomic E-state index is 0.138. The Hall–Kier alpha value is -3.45. The number of aromatic nitrogens is 3. The van der Waals surface area contributed by atoms with Crippen LogP contribution in [-0.4, -0.2) is 58.3 Å². The van der Waals surface area contributed by atoms with Gasteiger partial charge in [-0.1, -0.05) is 31.2 Å². The summed E-state index contributed by atoms with van der Waals surface area (Å²) in [6.45, 7) is 11.9. The second-order valence-corrected chi connectivity index (χ2v) is 8.33. The van der Waals surface area contributed by atoms with Crippen LogP contribution in [0.1, 0.15) is 29.4 Å². The monoisotopic (exact) mass is 444 g/mol. The predicted octanol–water partition coefficient (Wildman–Crippen LogP) is 3.36. The number of rotatable bonds is 7. The number of carbonyl (C=O) groups is 1. The normalized spacial score (nSPS) is 14.7. The summed E-state index contributed by atoms with van der Waals surface area (Å²) in [5.74, 6) is 0.864. The summed E-state index contributed by atoms with van der Waals surface area (Å²) in [5, 5.41) is 7.57. The van der Waals surface area contributed by atoms with E-state index in [2.05, 4.69) is 32.1 Å². The quantitative estimate of drug-likeness (QED) is 0.566. The third-order valence-corrected chi connectivity index (χ3v) is 6.17. The smallest absolute Gasteiger partial charge is 0.244 e. The zero-order valence-corrected chi connectivity index (χ0v) is 19.7. The van der Waals surface area contributed by atoms with Crippen molar-refractivity contribution in [2.24, 2.45) is 0 Å². The van der Waals surface area contributed by atoms with Crippen LogP contribution in [0.25, 0.3) is 11.8 Å². The summed E-state index contributed by atoms with van der Waals surface area (Å²) in [6, 6.07) is 14.1. The Morgan fingerprint density at radius 3 is 2.48 bits per heavy atom. The van der Waals surface area contributed by atoms with E-state index in [1.165, 1.54) is 0 Å². The first-order chi connectivity index (χ1) is 16.0. The first-order valence-corrected chi connectivity index (χ1v) is 11.5. The summed E-state index contributed by atoms with van der Waals surface area (Å²) in [4.78, 5) is 21.8. The molecular formula is C26H32N6O. The molecule has 0 radical (unpaired) electrons. The van der Waals surface area contributed by atoms with Crippen molar-refractivity contribution >= 4 is 17.8 Å². The summed E-state index contributed by atoms with van der Waals surface area (Å²) < 4.78 is 1.91. The van der Waals surface area contributed by atoms with Crippen LogP contribution in [0.3, 0.4) is 0 Å². The van der Waals surface area contributed by atoms with Gasteiger partial charge in [0.25, 0.3) is 0 Å². The molecule has 1 aliphatic heterocycles. The second kappa shape index (κ2) is 10.4. The number of para-hydroxylation sites is 1. The van der Waals surface area contributed by atoms with Gasteiger partial charge in [-0.05, 0) is 50.2 Å². The molecule has 7 heteroatoms. The molecule has 7 nitrogen and oxygen atoms in total. The van der Waals surface area contributed by atoms with Crippen molar-refractivity contribution in [3.63, 3.8) is 0 Å². The molecule has 0 bridgehead atoms. The highest BCUT2D eigenvalue weighted by molar-refractivity contribution is 5.92. The maximum atomic E-state index is 12.4. The number of nitrogens with zero attached hydrogens (tertiary/aromatic N) is 5. The van der Waals surface area contributed by atoms with Crippen molar-refractivity contribution in [2.45, 2.75) is 27.3 Å². The van der Waals surface area contributed by atoms with Crippen LogP contribution >= 0.6 is 0 Å². The lowest BCUT2D eigenvalue weighted by Crippen LogP contribution is -2.46. The number of piperazine rings is 1. The molecule has 0 atom stereocenters. The van der Waals surface area contributed by atoms with Gasteiger partial charge in [-0.25, -0.2) is 9.67 Å². The molecule has 3 heterocycles. The number of anilines is 1. The van der Waals surface area contributed by atoms with E-state index in [0.29, 0.717) is 6.54 Å². The van der Waals surface area contributed by atoms with Crippen LogP contribution in [-0.2, 0) is 11.3 Å². The molecule has 1 aliphatic rings. The second-order valence-electron chi connectivity index (χ2n) is 8.33. The fourth-order valence-electron chi connectivity index (χ4n) is 4.13. The highest BCUT2D eigenvalue weighted by Crippen LogP contribution is 2.19. The molecular weight excluding hydrogens is 412 g/mol. The number of amides is 1. The Morgan fingerprint density at radius 2 is 1.82 bits per heavy atom. The molecule has 3 aromatic rings. The summed E-state index contributed by atoms with van der Waals surface area (Å²) in [7, 11) is 0. The molecule has 0 aliphatic carbocycles. The molecule has 1 fully saturated rings. The fourth-order valence-corrected chi connectivity index (χ4v) is 4.13. The number of aryl methyl sites for hydroxylation is 1. The van der Waals surface area contributed by atoms with Gasteiger partial charge >= 0.3 is 0 Å². The molecule has 0 saturated carbocycles. The maximum absolute atomic E-state index is 12.4. The molecule has 33 heavy (non-hydrogen) atoms. The van der Waals surface area contributed by atoms with Gasteiger partial charge in [0, 0.05) is 56.3 Å². The lowest BCUT2D eigenvalue weighted by Gasteiger charge is -2.34. The number of carbonyl (C=O) groups excluding carboxylic acids is 1. The van der Waals surface area contributed by atoms with Crippen LogP contribution in [0.15, 0.2) is 54.7 Å². The third kappa shape index (κ3) is 5.49. The average molecular weight is 445 g/mol. The van der Waals surface area contributed by atoms with E-state index in [9.17, 15) is 4.79 Å². The molecule has 1 N–H and O–H groups in total. The lowest BCUT2D eigenvalue weighted by molar-refractivity contribution is -0.116. The van der Waals surface area contributed by atoms with E-state index in [4.69, 9.17) is 0 Å². The van der Waals surface area contributed by atoms with Crippen molar-refractivity contribution in [3.05, 3.63) is 77.3 Å². The number of benzene rings is 1. The van der Waals surface area contributed by atoms with Crippen LogP contribution in [0.2, 0.25) is 0 Å². The summed E-state index contributed by atoms with van der Waals surface area (Å²) in [6.07, 6.45) is 5.26. The number of nitrogens with one attached hydrogen (secondary N) is 1. The summed E-state index contributed by atoms with van der Waals surface area (Å²) in [5.41, 5.74) is 4.84. The molecule has 172 valence electrons. The highest BCUT2D eigenvalue weighted by atomic mass is 16.1. The molecule has 1 aromatic carbocycles. The van der Waals surface area contributed by atoms with Crippen molar-refractivity contribution in [3.8, 4) is 5.69 Å². The van der Waals surface area contributed by atoms with Crippen molar-refractivity contribution < 1.29 is 4.79 Å². The van der Waals surface area contributed by atoms with Crippen molar-refractivity contribution in [1.82, 2.24) is 25.0 Å². The van der Waals surface area contributed by atoms with Crippen LogP contribution in [0.5, 0.6) is 0 Å². The Kier molecular flexibility index (Phi) is 7.19. The molecule has 2 aromatic heterocycles. The molecule has 0 spiro atoms. The molecule has 1 amide bonds. The van der Waals surface area contributed by atoms with E-state index in [1.807, 2.05) is 73.3 Å². The van der Waals surface area contributed by atoms with Crippen molar-refractivity contribution in [1.29, 1.82) is 0 Å². The largest absolute Gasteiger partial charge is 0.354 e. The number of hydrogen-bond donors (Lipinski definition) is 1. The maximum Gasteiger partial charge on any atom is 0.244 e. The Balaban J connectivity index is 1.32. The number of hydrogen-bond acceptors (Lipinski definition) is 5. The van der Waals surface area contributed by atoms with Gasteiger partial charge in [-0.3, -0.25) is 4.79 Å². The van der Waals surface area contributed by atoms with Gasteiger partial charge in [0.05, 0.1) is 11.4 Å². The van der Waals surface area contributed by atoms with Crippen LogP contribution in [0, 0.1) is 13.8 Å². The van der Waals surface area contributed by atoms with E-state index in [1.54, 1.807) is 6.08 Å². The summed E-state index contributed by atoms with van der Waals surface area (Å²) >= 11 is 0. The van der Waals surface area contributed by atoms with E-state index in [-0.39, 0.29) is 5.91 Å². The Labute approximate surface area is 195 Å². The minimum atomic E-state index is -0.138. The Morgan fingerprint density at radius 1 is 1.06 bits per heavy atom. The van der Waals surface area contributed by atoms with Gasteiger partial charge in [-0.15, -0.1) is 0 Å². The minimum Gasteiger partial charge on any atom is -0.354 e. The molecule has 1 saturated heterocycles. The van der Waals surface area contributed by atoms with Gasteiger partial charge in [-0.2, -0.15) is 5.10 Å². The third-order valence-electron chi connectivity index (χ3n) is 6.17. The van der Waals surface area contributed by atoms with Crippen LogP contribution < -0.4 is 10.2 Å². The van der Waals surface area contributed by atoms with Gasteiger partial charge in [0.1, 0.15) is 5.82 Å². The fraction of sp³-hybridized carbons (Fsp3) is 0.346. The highest BCUT2D eigenvalue weighted by Gasteiger charge is 2.16. The molecule has 4 rings (SSSR count). The van der Waals surface area contributed by atoms with E-state index >= 15 is 0 Å². The Bertz CT molecular complexity index is 1100. The zero-order valence-electron chi connectivity index (χ0n) is 19.7. The van der Waals surface area contributed by atoms with Gasteiger partial charge in [0.2, 0.25) is 5.91 Å². The van der Waals surface area contributed by atoms with Crippen LogP contribution in [0.4, 0.5) is 5.82 Å². The van der Waals surface area contributed by atoms with Gasteiger partial charge < -0.3 is 15.1 Å². The van der Waals surface area contributed by atoms with E-state index in [0.717, 1.165) is 66.7 Å². The predicted molar refractivity (Wildman–Crippen MR) is 132 cm³/mol. The standard InChI is InChI=1S/C26H32N6O/c1-4-30-14-16-31(17-15-30)25-12-10-22(18-27-25)19-28-26(33)13-11-24-20(2)29-32(21(24)3)23-8-6-5-7-9-23/h5-13,18H,4,14-17,19H2,1-3H3,(H,28,33)/b13-11+. The average Bonchev–Trinajstić information content (AvgIpc) is 3.15. The topological polar surface area (TPSA) is 66.3 Å². The molecule has 0 unspecified atom stereocenters. The first kappa shape index (κ1) is 22.7. The lowest BCUT2D eigenvalue weighted by atomic mass is 10.2. The number of likely N-dealkylation sites (N-methyl/N-ethyl adjacent to an activating group) is 1. The zero-order chi connectivity index (χ0) is 23.2. The van der Waals surface area contributed by atoms with Gasteiger partial charge in [0.15, 0.2) is 0 Å². The first-order valence-electron chi connectivity index (χ1n) is 11.5.